The van der Waals surface area contributed by atoms with Gasteiger partial charge in [-0.15, -0.1) is 0 Å². The molecule has 18 heavy (non-hydrogen) atoms. The van der Waals surface area contributed by atoms with Crippen molar-refractivity contribution in [1.29, 1.82) is 0 Å². The van der Waals surface area contributed by atoms with E-state index >= 15 is 0 Å². The van der Waals surface area contributed by atoms with E-state index in [2.05, 4.69) is 17.1 Å². The molecule has 2 rings (SSSR count). The highest BCUT2D eigenvalue weighted by Crippen LogP contribution is 2.20. The number of piperazine rings is 1. The zero-order chi connectivity index (χ0) is 13.2. The SMILES string of the molecule is C[C@@H]1CN(CC2CCCN(S(C)(=O)=O)C2)CCN1. The molecule has 0 spiro atoms. The van der Waals surface area contributed by atoms with Crippen LogP contribution in [0.5, 0.6) is 0 Å². The van der Waals surface area contributed by atoms with Gasteiger partial charge in [-0.25, -0.2) is 12.7 Å². The van der Waals surface area contributed by atoms with Crippen LogP contribution in [-0.2, 0) is 10.0 Å². The Morgan fingerprint density at radius 1 is 1.28 bits per heavy atom. The standard InChI is InChI=1S/C12H25N3O2S/c1-11-8-14(7-5-13-11)9-12-4-3-6-15(10-12)18(2,16)17/h11-13H,3-10H2,1-2H3/t11-,12?/m1/s1. The summed E-state index contributed by atoms with van der Waals surface area (Å²) < 4.78 is 24.8. The van der Waals surface area contributed by atoms with Crippen LogP contribution in [0.1, 0.15) is 19.8 Å². The molecular formula is C12H25N3O2S. The molecule has 5 nitrogen and oxygen atoms in total. The molecule has 2 fully saturated rings. The van der Waals surface area contributed by atoms with Crippen LogP contribution in [0.2, 0.25) is 0 Å². The normalized spacial score (nSPS) is 32.6. The number of sulfonamides is 1. The predicted octanol–water partition coefficient (Wildman–Crippen LogP) is -0.0483. The van der Waals surface area contributed by atoms with Crippen molar-refractivity contribution in [3.63, 3.8) is 0 Å². The van der Waals surface area contributed by atoms with E-state index < -0.39 is 10.0 Å². The molecule has 0 aromatic carbocycles. The van der Waals surface area contributed by atoms with Crippen molar-refractivity contribution in [1.82, 2.24) is 14.5 Å². The predicted molar refractivity (Wildman–Crippen MR) is 73.0 cm³/mol. The summed E-state index contributed by atoms with van der Waals surface area (Å²) in [5.74, 6) is 0.499. The minimum atomic E-state index is -3.01. The average molecular weight is 275 g/mol. The first-order chi connectivity index (χ1) is 8.45. The molecule has 2 saturated heterocycles. The Balaban J connectivity index is 1.86. The van der Waals surface area contributed by atoms with Crippen LogP contribution in [0, 0.1) is 5.92 Å². The molecule has 6 heteroatoms. The van der Waals surface area contributed by atoms with Crippen LogP contribution in [0.25, 0.3) is 0 Å². The van der Waals surface area contributed by atoms with Crippen molar-refractivity contribution >= 4 is 10.0 Å². The molecule has 0 bridgehead atoms. The quantitative estimate of drug-likeness (QED) is 0.785. The average Bonchev–Trinajstić information content (AvgIpc) is 2.28. The maximum absolute atomic E-state index is 11.6. The van der Waals surface area contributed by atoms with Gasteiger partial charge in [0.2, 0.25) is 10.0 Å². The van der Waals surface area contributed by atoms with E-state index in [0.29, 0.717) is 25.0 Å². The summed E-state index contributed by atoms with van der Waals surface area (Å²) in [6, 6.07) is 0.549. The summed E-state index contributed by atoms with van der Waals surface area (Å²) >= 11 is 0. The van der Waals surface area contributed by atoms with Gasteiger partial charge in [-0.3, -0.25) is 0 Å². The zero-order valence-corrected chi connectivity index (χ0v) is 12.2. The lowest BCUT2D eigenvalue weighted by molar-refractivity contribution is 0.148. The molecule has 2 aliphatic rings. The van der Waals surface area contributed by atoms with Crippen LogP contribution >= 0.6 is 0 Å². The number of piperidine rings is 1. The van der Waals surface area contributed by atoms with E-state index in [-0.39, 0.29) is 0 Å². The first-order valence-electron chi connectivity index (χ1n) is 6.86. The molecule has 1 N–H and O–H groups in total. The van der Waals surface area contributed by atoms with Crippen molar-refractivity contribution in [2.75, 3.05) is 45.5 Å². The number of nitrogens with zero attached hydrogens (tertiary/aromatic N) is 2. The highest BCUT2D eigenvalue weighted by Gasteiger charge is 2.28. The molecule has 0 radical (unpaired) electrons. The van der Waals surface area contributed by atoms with Crippen molar-refractivity contribution in [3.05, 3.63) is 0 Å². The molecule has 1 unspecified atom stereocenters. The van der Waals surface area contributed by atoms with Gasteiger partial charge >= 0.3 is 0 Å². The smallest absolute Gasteiger partial charge is 0.211 e. The highest BCUT2D eigenvalue weighted by molar-refractivity contribution is 7.88. The maximum atomic E-state index is 11.6. The molecule has 0 aliphatic carbocycles. The fraction of sp³-hybridized carbons (Fsp3) is 1.00. The molecule has 2 aliphatic heterocycles. The Morgan fingerprint density at radius 3 is 2.72 bits per heavy atom. The van der Waals surface area contributed by atoms with Crippen molar-refractivity contribution in [2.45, 2.75) is 25.8 Å². The van der Waals surface area contributed by atoms with E-state index in [1.807, 2.05) is 0 Å². The first-order valence-corrected chi connectivity index (χ1v) is 8.71. The second-order valence-corrected chi connectivity index (χ2v) is 7.73. The molecule has 2 atom stereocenters. The second kappa shape index (κ2) is 5.86. The third kappa shape index (κ3) is 3.91. The monoisotopic (exact) mass is 275 g/mol. The third-order valence-electron chi connectivity index (χ3n) is 3.92. The van der Waals surface area contributed by atoms with Crippen LogP contribution in [-0.4, -0.2) is 69.2 Å². The third-order valence-corrected chi connectivity index (χ3v) is 5.19. The molecular weight excluding hydrogens is 250 g/mol. The van der Waals surface area contributed by atoms with Crippen LogP contribution < -0.4 is 5.32 Å². The van der Waals surface area contributed by atoms with Gasteiger partial charge in [0.15, 0.2) is 0 Å². The number of nitrogens with one attached hydrogen (secondary N) is 1. The second-order valence-electron chi connectivity index (χ2n) is 5.74. The summed E-state index contributed by atoms with van der Waals surface area (Å²) in [6.07, 6.45) is 3.48. The van der Waals surface area contributed by atoms with E-state index in [4.69, 9.17) is 0 Å². The van der Waals surface area contributed by atoms with Gasteiger partial charge in [-0.05, 0) is 25.7 Å². The van der Waals surface area contributed by atoms with Gasteiger partial charge in [0.25, 0.3) is 0 Å². The topological polar surface area (TPSA) is 52.7 Å². The number of hydrogen-bond acceptors (Lipinski definition) is 4. The van der Waals surface area contributed by atoms with Gasteiger partial charge in [-0.1, -0.05) is 0 Å². The summed E-state index contributed by atoms with van der Waals surface area (Å²) in [6.45, 7) is 7.86. The summed E-state index contributed by atoms with van der Waals surface area (Å²) in [5, 5.41) is 3.43. The molecule has 0 aromatic heterocycles. The van der Waals surface area contributed by atoms with E-state index in [1.165, 1.54) is 6.26 Å². The first kappa shape index (κ1) is 14.2. The summed E-state index contributed by atoms with van der Waals surface area (Å²) in [4.78, 5) is 2.47. The lowest BCUT2D eigenvalue weighted by Crippen LogP contribution is -2.52. The molecule has 106 valence electrons. The van der Waals surface area contributed by atoms with Crippen LogP contribution in [0.15, 0.2) is 0 Å². The molecule has 0 saturated carbocycles. The maximum Gasteiger partial charge on any atom is 0.211 e. The largest absolute Gasteiger partial charge is 0.312 e. The van der Waals surface area contributed by atoms with E-state index in [1.54, 1.807) is 4.31 Å². The van der Waals surface area contributed by atoms with E-state index in [0.717, 1.165) is 39.0 Å². The Labute approximate surface area is 111 Å². The number of hydrogen-bond donors (Lipinski definition) is 1. The Morgan fingerprint density at radius 2 is 2.06 bits per heavy atom. The Kier molecular flexibility index (Phi) is 4.64. The fourth-order valence-electron chi connectivity index (χ4n) is 3.02. The van der Waals surface area contributed by atoms with Crippen molar-refractivity contribution < 1.29 is 8.42 Å². The molecule has 0 aromatic rings. The van der Waals surface area contributed by atoms with Crippen molar-refractivity contribution in [3.8, 4) is 0 Å². The lowest BCUT2D eigenvalue weighted by Gasteiger charge is -2.37. The Hall–Kier alpha value is -0.170. The molecule has 0 amide bonds. The van der Waals surface area contributed by atoms with Crippen LogP contribution in [0.4, 0.5) is 0 Å². The highest BCUT2D eigenvalue weighted by atomic mass is 32.2. The summed E-state index contributed by atoms with van der Waals surface area (Å²) in [7, 11) is -3.01. The molecule has 2 heterocycles. The number of rotatable bonds is 3. The van der Waals surface area contributed by atoms with Gasteiger partial charge < -0.3 is 10.2 Å². The van der Waals surface area contributed by atoms with Crippen molar-refractivity contribution in [2.24, 2.45) is 5.92 Å². The Bertz CT molecular complexity index is 372. The van der Waals surface area contributed by atoms with Gasteiger partial charge in [0, 0.05) is 45.3 Å². The minimum Gasteiger partial charge on any atom is -0.312 e. The van der Waals surface area contributed by atoms with Gasteiger partial charge in [-0.2, -0.15) is 0 Å². The fourth-order valence-corrected chi connectivity index (χ4v) is 3.96. The van der Waals surface area contributed by atoms with Crippen LogP contribution in [0.3, 0.4) is 0 Å². The zero-order valence-electron chi connectivity index (χ0n) is 11.4. The minimum absolute atomic E-state index is 0.499. The van der Waals surface area contributed by atoms with Gasteiger partial charge in [0.05, 0.1) is 6.26 Å². The summed E-state index contributed by atoms with van der Waals surface area (Å²) in [5.41, 5.74) is 0. The lowest BCUT2D eigenvalue weighted by atomic mass is 9.98. The van der Waals surface area contributed by atoms with Gasteiger partial charge in [0.1, 0.15) is 0 Å². The van der Waals surface area contributed by atoms with E-state index in [9.17, 15) is 8.42 Å².